The van der Waals surface area contributed by atoms with E-state index in [0.29, 0.717) is 0 Å². The second-order valence-corrected chi connectivity index (χ2v) is 11.1. The van der Waals surface area contributed by atoms with Crippen LogP contribution in [0.5, 0.6) is 0 Å². The quantitative estimate of drug-likeness (QED) is 0.451. The minimum absolute atomic E-state index is 0.0579. The van der Waals surface area contributed by atoms with Gasteiger partial charge in [0.1, 0.15) is 23.8 Å². The van der Waals surface area contributed by atoms with E-state index in [2.05, 4.69) is 15.3 Å². The summed E-state index contributed by atoms with van der Waals surface area (Å²) >= 11 is 0.233. The third-order valence-corrected chi connectivity index (χ3v) is 8.83. The minimum Gasteiger partial charge on any atom is -0.349 e. The van der Waals surface area contributed by atoms with E-state index < -0.39 is 63.4 Å². The monoisotopic (exact) mass is 564 g/mol. The average molecular weight is 565 g/mol. The Kier molecular flexibility index (Phi) is 7.32. The highest BCUT2D eigenvalue weighted by Gasteiger charge is 2.49. The maximum Gasteiger partial charge on any atom is 0.443 e. The van der Waals surface area contributed by atoms with Crippen molar-refractivity contribution in [3.8, 4) is 10.4 Å². The Morgan fingerprint density at radius 1 is 1.16 bits per heavy atom. The summed E-state index contributed by atoms with van der Waals surface area (Å²) in [6, 6.07) is 2.37. The molecule has 1 N–H and O–H groups in total. The molecular formula is C22H18F6N4O3S2. The van der Waals surface area contributed by atoms with Crippen LogP contribution in [0.4, 0.5) is 26.3 Å². The molecule has 3 atom stereocenters. The van der Waals surface area contributed by atoms with Gasteiger partial charge < -0.3 is 5.32 Å². The summed E-state index contributed by atoms with van der Waals surface area (Å²) in [7, 11) is -4.37. The summed E-state index contributed by atoms with van der Waals surface area (Å²) in [4.78, 5) is 19.5. The molecule has 4 rings (SSSR count). The lowest BCUT2D eigenvalue weighted by Crippen LogP contribution is -2.48. The molecule has 198 valence electrons. The Morgan fingerprint density at radius 2 is 1.84 bits per heavy atom. The largest absolute Gasteiger partial charge is 0.443 e. The molecule has 7 nitrogen and oxygen atoms in total. The lowest BCUT2D eigenvalue weighted by Gasteiger charge is -2.26. The molecule has 1 aliphatic rings. The third-order valence-electron chi connectivity index (χ3n) is 5.74. The van der Waals surface area contributed by atoms with Crippen molar-refractivity contribution in [3.05, 3.63) is 65.1 Å². The number of thiazole rings is 1. The van der Waals surface area contributed by atoms with Gasteiger partial charge in [0.15, 0.2) is 5.01 Å². The fourth-order valence-corrected chi connectivity index (χ4v) is 6.50. The predicted molar refractivity (Wildman–Crippen MR) is 120 cm³/mol. The van der Waals surface area contributed by atoms with Crippen molar-refractivity contribution < 1.29 is 39.6 Å². The molecular weight excluding hydrogens is 546 g/mol. The molecule has 0 saturated carbocycles. The number of alkyl halides is 4. The van der Waals surface area contributed by atoms with Crippen LogP contribution in [0.3, 0.4) is 0 Å². The minimum atomic E-state index is -4.70. The fourth-order valence-electron chi connectivity index (χ4n) is 3.89. The van der Waals surface area contributed by atoms with Gasteiger partial charge in [0.05, 0.1) is 34.2 Å². The zero-order chi connectivity index (χ0) is 27.1. The van der Waals surface area contributed by atoms with Crippen molar-refractivity contribution in [1.29, 1.82) is 0 Å². The molecule has 0 aliphatic carbocycles. The molecule has 3 heterocycles. The van der Waals surface area contributed by atoms with Gasteiger partial charge in [-0.05, 0) is 37.3 Å². The van der Waals surface area contributed by atoms with E-state index >= 15 is 0 Å². The molecule has 1 aromatic carbocycles. The Labute approximate surface area is 211 Å². The molecule has 15 heteroatoms. The molecule has 3 aromatic rings. The van der Waals surface area contributed by atoms with E-state index in [9.17, 15) is 39.6 Å². The van der Waals surface area contributed by atoms with Gasteiger partial charge >= 0.3 is 6.18 Å². The number of carbonyl (C=O) groups excluding carboxylic acids is 1. The number of amides is 1. The van der Waals surface area contributed by atoms with Gasteiger partial charge in [0.2, 0.25) is 15.9 Å². The highest BCUT2D eigenvalue weighted by Crippen LogP contribution is 2.37. The standard InChI is InChI=1S/C22H18F6N4O3S2/c1-11-16(24)7-18(32(11)37(34,35)14-4-2-12(23)3-5-14)20(33)30-8-13-6-15(17(25)9-29-13)19-10-31-21(36-19)22(26,27)28/h2-6,9-11,16,18H,7-8H2,1H3,(H,30,33). The Balaban J connectivity index is 1.53. The van der Waals surface area contributed by atoms with Crippen molar-refractivity contribution in [2.75, 3.05) is 0 Å². The molecule has 1 saturated heterocycles. The fraction of sp³-hybridized carbons (Fsp3) is 0.318. The lowest BCUT2D eigenvalue weighted by molar-refractivity contribution is -0.137. The number of nitrogens with zero attached hydrogens (tertiary/aromatic N) is 3. The number of pyridine rings is 1. The summed E-state index contributed by atoms with van der Waals surface area (Å²) in [6.45, 7) is 0.959. The zero-order valence-electron chi connectivity index (χ0n) is 18.8. The number of sulfonamides is 1. The van der Waals surface area contributed by atoms with E-state index in [1.165, 1.54) is 6.92 Å². The van der Waals surface area contributed by atoms with E-state index in [1.807, 2.05) is 0 Å². The molecule has 2 aromatic heterocycles. The van der Waals surface area contributed by atoms with Crippen LogP contribution < -0.4 is 5.32 Å². The van der Waals surface area contributed by atoms with E-state index in [4.69, 9.17) is 0 Å². The number of rotatable bonds is 6. The van der Waals surface area contributed by atoms with Crippen molar-refractivity contribution in [3.63, 3.8) is 0 Å². The van der Waals surface area contributed by atoms with Crippen LogP contribution in [0.15, 0.2) is 47.6 Å². The maximum atomic E-state index is 14.5. The molecule has 0 radical (unpaired) electrons. The second kappa shape index (κ2) is 10.0. The maximum absolute atomic E-state index is 14.5. The third kappa shape index (κ3) is 5.48. The van der Waals surface area contributed by atoms with Crippen molar-refractivity contribution in [1.82, 2.24) is 19.6 Å². The van der Waals surface area contributed by atoms with Crippen LogP contribution in [0, 0.1) is 11.6 Å². The van der Waals surface area contributed by atoms with Gasteiger partial charge in [0, 0.05) is 18.2 Å². The van der Waals surface area contributed by atoms with Gasteiger partial charge in [0.25, 0.3) is 0 Å². The molecule has 1 amide bonds. The molecule has 1 aliphatic heterocycles. The van der Waals surface area contributed by atoms with Crippen LogP contribution in [-0.4, -0.2) is 46.9 Å². The Morgan fingerprint density at radius 3 is 2.46 bits per heavy atom. The number of benzene rings is 1. The van der Waals surface area contributed by atoms with Crippen molar-refractivity contribution in [2.45, 2.75) is 49.2 Å². The van der Waals surface area contributed by atoms with E-state index in [0.717, 1.165) is 47.0 Å². The van der Waals surface area contributed by atoms with E-state index in [1.54, 1.807) is 0 Å². The highest BCUT2D eigenvalue weighted by atomic mass is 32.2. The summed E-state index contributed by atoms with van der Waals surface area (Å²) < 4.78 is 108. The summed E-state index contributed by atoms with van der Waals surface area (Å²) in [5.74, 6) is -2.44. The summed E-state index contributed by atoms with van der Waals surface area (Å²) in [5, 5.41) is 1.26. The second-order valence-electron chi connectivity index (χ2n) is 8.20. The van der Waals surface area contributed by atoms with Gasteiger partial charge in [-0.2, -0.15) is 17.5 Å². The zero-order valence-corrected chi connectivity index (χ0v) is 20.5. The van der Waals surface area contributed by atoms with Crippen LogP contribution in [-0.2, 0) is 27.5 Å². The number of nitrogens with one attached hydrogen (secondary N) is 1. The van der Waals surface area contributed by atoms with Crippen LogP contribution >= 0.6 is 11.3 Å². The van der Waals surface area contributed by atoms with Crippen LogP contribution in [0.1, 0.15) is 24.0 Å². The first-order valence-corrected chi connectivity index (χ1v) is 12.9. The smallest absolute Gasteiger partial charge is 0.349 e. The number of carbonyl (C=O) groups is 1. The number of aromatic nitrogens is 2. The topological polar surface area (TPSA) is 92.3 Å². The normalized spacial score (nSPS) is 20.8. The van der Waals surface area contributed by atoms with Crippen molar-refractivity contribution >= 4 is 27.3 Å². The van der Waals surface area contributed by atoms with Gasteiger partial charge in [-0.3, -0.25) is 9.78 Å². The molecule has 0 spiro atoms. The van der Waals surface area contributed by atoms with Gasteiger partial charge in [-0.25, -0.2) is 26.6 Å². The summed E-state index contributed by atoms with van der Waals surface area (Å²) in [5.41, 5.74) is -0.159. The first kappa shape index (κ1) is 27.0. The van der Waals surface area contributed by atoms with Crippen molar-refractivity contribution in [2.24, 2.45) is 0 Å². The SMILES string of the molecule is CC1C(F)CC(C(=O)NCc2cc(-c3cnc(C(F)(F)F)s3)c(F)cn2)N1S(=O)(=O)c1ccc(F)cc1. The molecule has 0 bridgehead atoms. The first-order valence-electron chi connectivity index (χ1n) is 10.7. The molecule has 3 unspecified atom stereocenters. The highest BCUT2D eigenvalue weighted by molar-refractivity contribution is 7.89. The Bertz CT molecular complexity index is 1410. The van der Waals surface area contributed by atoms with E-state index in [-0.39, 0.29) is 38.9 Å². The molecule has 37 heavy (non-hydrogen) atoms. The van der Waals surface area contributed by atoms with Gasteiger partial charge in [-0.1, -0.05) is 0 Å². The van der Waals surface area contributed by atoms with Crippen LogP contribution in [0.25, 0.3) is 10.4 Å². The van der Waals surface area contributed by atoms with Gasteiger partial charge in [-0.15, -0.1) is 11.3 Å². The Hall–Kier alpha value is -3.04. The average Bonchev–Trinajstić information content (AvgIpc) is 3.44. The number of hydrogen-bond donors (Lipinski definition) is 1. The predicted octanol–water partition coefficient (Wildman–Crippen LogP) is 4.31. The number of halogens is 6. The summed E-state index contributed by atoms with van der Waals surface area (Å²) in [6.07, 6.45) is -5.15. The van der Waals surface area contributed by atoms with Crippen LogP contribution in [0.2, 0.25) is 0 Å². The molecule has 1 fully saturated rings. The number of hydrogen-bond acceptors (Lipinski definition) is 6. The first-order chi connectivity index (χ1) is 17.3. The lowest BCUT2D eigenvalue weighted by atomic mass is 10.1.